The van der Waals surface area contributed by atoms with Gasteiger partial charge >= 0.3 is 5.97 Å². The largest absolute Gasteiger partial charge is 0.480 e. The summed E-state index contributed by atoms with van der Waals surface area (Å²) in [7, 11) is 0. The van der Waals surface area contributed by atoms with Crippen molar-refractivity contribution in [3.05, 3.63) is 0 Å². The molecule has 0 fully saturated rings. The average molecular weight is 523 g/mol. The lowest BCUT2D eigenvalue weighted by molar-refractivity contribution is -0.142. The summed E-state index contributed by atoms with van der Waals surface area (Å²) in [6.45, 7) is 0.483. The molecule has 0 radical (unpaired) electrons. The highest BCUT2D eigenvalue weighted by Gasteiger charge is 2.31. The third-order valence-corrected chi connectivity index (χ3v) is 6.10. The zero-order valence-corrected chi connectivity index (χ0v) is 21.3. The molecule has 0 aromatic carbocycles. The Bertz CT molecular complexity index is 684. The number of rotatable bonds is 19. The third-order valence-electron chi connectivity index (χ3n) is 4.81. The molecule has 4 atom stereocenters. The number of aliphatic carboxylic acids is 1. The normalized spacial score (nSPS) is 14.4. The van der Waals surface area contributed by atoms with E-state index in [0.717, 1.165) is 6.42 Å². The Labute approximate surface area is 208 Å². The van der Waals surface area contributed by atoms with Crippen LogP contribution in [0.15, 0.2) is 0 Å². The quantitative estimate of drug-likeness (QED) is 0.0959. The molecule has 0 bridgehead atoms. The molecule has 0 aliphatic rings. The van der Waals surface area contributed by atoms with Crippen molar-refractivity contribution in [2.24, 2.45) is 17.2 Å². The SMILES string of the molecule is CSCCC(NC(=O)C(CC(N)=O)NC(=O)C(CCSC)NC(=O)C(N)CCCCN)C(=O)O. The number of hydrogen-bond acceptors (Lipinski definition) is 9. The van der Waals surface area contributed by atoms with Crippen molar-refractivity contribution in [3.63, 3.8) is 0 Å². The molecule has 196 valence electrons. The highest BCUT2D eigenvalue weighted by molar-refractivity contribution is 7.98. The number of thioether (sulfide) groups is 2. The van der Waals surface area contributed by atoms with E-state index in [9.17, 15) is 29.1 Å². The van der Waals surface area contributed by atoms with E-state index < -0.39 is 60.2 Å². The monoisotopic (exact) mass is 522 g/mol. The molecule has 0 aliphatic heterocycles. The van der Waals surface area contributed by atoms with Crippen LogP contribution in [0.2, 0.25) is 0 Å². The molecule has 12 nitrogen and oxygen atoms in total. The fraction of sp³-hybridized carbons (Fsp3) is 0.750. The van der Waals surface area contributed by atoms with Gasteiger partial charge in [-0.05, 0) is 56.2 Å². The van der Waals surface area contributed by atoms with Crippen LogP contribution in [0, 0.1) is 0 Å². The first-order valence-electron chi connectivity index (χ1n) is 10.9. The highest BCUT2D eigenvalue weighted by atomic mass is 32.2. The van der Waals surface area contributed by atoms with Crippen LogP contribution in [-0.4, -0.2) is 89.4 Å². The third kappa shape index (κ3) is 13.6. The fourth-order valence-electron chi connectivity index (χ4n) is 2.87. The molecule has 34 heavy (non-hydrogen) atoms. The predicted octanol–water partition coefficient (Wildman–Crippen LogP) is -1.64. The van der Waals surface area contributed by atoms with Crippen molar-refractivity contribution < 1.29 is 29.1 Å². The molecule has 0 heterocycles. The van der Waals surface area contributed by atoms with Crippen molar-refractivity contribution >= 4 is 53.1 Å². The molecule has 10 N–H and O–H groups in total. The Morgan fingerprint density at radius 1 is 0.794 bits per heavy atom. The van der Waals surface area contributed by atoms with Crippen LogP contribution in [0.3, 0.4) is 0 Å². The molecule has 0 aliphatic carbocycles. The molecule has 0 saturated carbocycles. The van der Waals surface area contributed by atoms with Gasteiger partial charge in [-0.25, -0.2) is 4.79 Å². The Morgan fingerprint density at radius 3 is 1.79 bits per heavy atom. The van der Waals surface area contributed by atoms with E-state index in [4.69, 9.17) is 17.2 Å². The summed E-state index contributed by atoms with van der Waals surface area (Å²) in [5, 5.41) is 16.7. The van der Waals surface area contributed by atoms with Gasteiger partial charge in [0.05, 0.1) is 12.5 Å². The minimum absolute atomic E-state index is 0.161. The Morgan fingerprint density at radius 2 is 1.29 bits per heavy atom. The number of carbonyl (C=O) groups excluding carboxylic acids is 4. The Balaban J connectivity index is 5.36. The molecular weight excluding hydrogens is 484 g/mol. The zero-order valence-electron chi connectivity index (χ0n) is 19.7. The van der Waals surface area contributed by atoms with Gasteiger partial charge in [0.25, 0.3) is 0 Å². The summed E-state index contributed by atoms with van der Waals surface area (Å²) in [6.07, 6.45) is 5.29. The topological polar surface area (TPSA) is 220 Å². The number of amides is 4. The van der Waals surface area contributed by atoms with E-state index in [1.54, 1.807) is 6.26 Å². The van der Waals surface area contributed by atoms with Crippen LogP contribution in [0.4, 0.5) is 0 Å². The number of carboxylic acids is 1. The number of unbranched alkanes of at least 4 members (excludes halogenated alkanes) is 1. The molecule has 0 spiro atoms. The smallest absolute Gasteiger partial charge is 0.326 e. The second-order valence-corrected chi connectivity index (χ2v) is 9.62. The number of nitrogens with one attached hydrogen (secondary N) is 3. The molecular formula is C20H38N6O6S2. The first-order valence-corrected chi connectivity index (χ1v) is 13.7. The van der Waals surface area contributed by atoms with Crippen molar-refractivity contribution in [1.82, 2.24) is 16.0 Å². The zero-order chi connectivity index (χ0) is 26.1. The molecule has 4 amide bonds. The van der Waals surface area contributed by atoms with Crippen LogP contribution in [0.1, 0.15) is 38.5 Å². The van der Waals surface area contributed by atoms with Crippen LogP contribution in [0.25, 0.3) is 0 Å². The first kappa shape index (κ1) is 32.0. The summed E-state index contributed by atoms with van der Waals surface area (Å²) in [5.41, 5.74) is 16.6. The number of hydrogen-bond donors (Lipinski definition) is 7. The van der Waals surface area contributed by atoms with Crippen molar-refractivity contribution in [2.45, 2.75) is 62.7 Å². The molecule has 4 unspecified atom stereocenters. The Hall–Kier alpha value is -2.03. The fourth-order valence-corrected chi connectivity index (χ4v) is 3.81. The van der Waals surface area contributed by atoms with Gasteiger partial charge in [-0.2, -0.15) is 23.5 Å². The number of nitrogens with two attached hydrogens (primary N) is 3. The van der Waals surface area contributed by atoms with Crippen LogP contribution >= 0.6 is 23.5 Å². The van der Waals surface area contributed by atoms with E-state index >= 15 is 0 Å². The van der Waals surface area contributed by atoms with Gasteiger partial charge in [-0.3, -0.25) is 19.2 Å². The van der Waals surface area contributed by atoms with Crippen LogP contribution in [0.5, 0.6) is 0 Å². The average Bonchev–Trinajstić information content (AvgIpc) is 2.77. The van der Waals surface area contributed by atoms with Gasteiger partial charge in [0.15, 0.2) is 0 Å². The maximum atomic E-state index is 12.9. The highest BCUT2D eigenvalue weighted by Crippen LogP contribution is 2.06. The maximum absolute atomic E-state index is 12.9. The van der Waals surface area contributed by atoms with Crippen LogP contribution in [-0.2, 0) is 24.0 Å². The summed E-state index contributed by atoms with van der Waals surface area (Å²) < 4.78 is 0. The van der Waals surface area contributed by atoms with Gasteiger partial charge < -0.3 is 38.3 Å². The van der Waals surface area contributed by atoms with Crippen molar-refractivity contribution in [2.75, 3.05) is 30.6 Å². The number of primary amides is 1. The summed E-state index contributed by atoms with van der Waals surface area (Å²) >= 11 is 2.87. The van der Waals surface area contributed by atoms with Crippen molar-refractivity contribution in [3.8, 4) is 0 Å². The second-order valence-electron chi connectivity index (χ2n) is 7.65. The molecule has 14 heteroatoms. The molecule has 0 aromatic rings. The minimum Gasteiger partial charge on any atom is -0.480 e. The summed E-state index contributed by atoms with van der Waals surface area (Å²) in [6, 6.07) is -4.41. The van der Waals surface area contributed by atoms with Gasteiger partial charge in [0.1, 0.15) is 18.1 Å². The maximum Gasteiger partial charge on any atom is 0.326 e. The lowest BCUT2D eigenvalue weighted by atomic mass is 10.1. The molecule has 0 rings (SSSR count). The first-order chi connectivity index (χ1) is 16.1. The molecule has 0 aromatic heterocycles. The van der Waals surface area contributed by atoms with E-state index in [0.29, 0.717) is 30.9 Å². The predicted molar refractivity (Wildman–Crippen MR) is 134 cm³/mol. The second kappa shape index (κ2) is 18.3. The summed E-state index contributed by atoms with van der Waals surface area (Å²) in [4.78, 5) is 61.0. The van der Waals surface area contributed by atoms with Gasteiger partial charge in [-0.1, -0.05) is 6.42 Å². The van der Waals surface area contributed by atoms with Gasteiger partial charge in [0, 0.05) is 0 Å². The molecule has 0 saturated heterocycles. The van der Waals surface area contributed by atoms with Crippen LogP contribution < -0.4 is 33.2 Å². The summed E-state index contributed by atoms with van der Waals surface area (Å²) in [5.74, 6) is -3.15. The van der Waals surface area contributed by atoms with E-state index in [1.807, 2.05) is 6.26 Å². The van der Waals surface area contributed by atoms with Gasteiger partial charge in [0.2, 0.25) is 23.6 Å². The van der Waals surface area contributed by atoms with Crippen molar-refractivity contribution in [1.29, 1.82) is 0 Å². The van der Waals surface area contributed by atoms with Gasteiger partial charge in [-0.15, -0.1) is 0 Å². The lowest BCUT2D eigenvalue weighted by Crippen LogP contribution is -2.57. The lowest BCUT2D eigenvalue weighted by Gasteiger charge is -2.24. The van der Waals surface area contributed by atoms with E-state index in [1.165, 1.54) is 23.5 Å². The minimum atomic E-state index is -1.40. The number of carboxylic acid groups (broad SMARTS) is 1. The van der Waals surface area contributed by atoms with E-state index in [-0.39, 0.29) is 12.8 Å². The standard InChI is InChI=1S/C20H38N6O6S2/c1-33-9-6-13(24-17(28)12(22)5-3-4-8-21)18(29)26-15(11-16(23)27)19(30)25-14(20(31)32)7-10-34-2/h12-15H,3-11,21-22H2,1-2H3,(H2,23,27)(H,24,28)(H,25,30)(H,26,29)(H,31,32). The Kier molecular flexibility index (Phi) is 17.2. The van der Waals surface area contributed by atoms with E-state index in [2.05, 4.69) is 16.0 Å². The number of carbonyl (C=O) groups is 5.